The Balaban J connectivity index is 3.25. The first-order valence-electron chi connectivity index (χ1n) is 7.17. The Morgan fingerprint density at radius 2 is 1.59 bits per heavy atom. The maximum Gasteiger partial charge on any atom is 0.338 e. The van der Waals surface area contributed by atoms with Crippen LogP contribution in [-0.2, 0) is 23.9 Å². The fraction of sp³-hybridized carbons (Fsp3) is 0.533. The molecule has 0 aliphatic carbocycles. The molecule has 1 aliphatic rings. The van der Waals surface area contributed by atoms with Crippen molar-refractivity contribution in [2.24, 2.45) is 5.92 Å². The van der Waals surface area contributed by atoms with Crippen LogP contribution >= 0.6 is 0 Å². The monoisotopic (exact) mass is 310 g/mol. The summed E-state index contributed by atoms with van der Waals surface area (Å²) < 4.78 is 10.1. The summed E-state index contributed by atoms with van der Waals surface area (Å²) in [5, 5.41) is 5.45. The number of carbonyl (C=O) groups is 3. The summed E-state index contributed by atoms with van der Waals surface area (Å²) in [6.07, 6.45) is 0. The van der Waals surface area contributed by atoms with Crippen LogP contribution < -0.4 is 10.6 Å². The highest BCUT2D eigenvalue weighted by Crippen LogP contribution is 2.30. The van der Waals surface area contributed by atoms with Gasteiger partial charge in [-0.05, 0) is 20.8 Å². The van der Waals surface area contributed by atoms with Crippen LogP contribution in [0.15, 0.2) is 22.7 Å². The number of ether oxygens (including phenoxy) is 2. The normalized spacial score (nSPS) is 17.8. The smallest absolute Gasteiger partial charge is 0.338 e. The summed E-state index contributed by atoms with van der Waals surface area (Å²) in [5.41, 5.74) is 1.08. The maximum atomic E-state index is 12.2. The lowest BCUT2D eigenvalue weighted by Gasteiger charge is -2.28. The number of carbonyl (C=O) groups excluding carboxylic acids is 3. The number of rotatable bonds is 5. The van der Waals surface area contributed by atoms with Crippen molar-refractivity contribution < 1.29 is 23.9 Å². The van der Waals surface area contributed by atoms with Gasteiger partial charge in [-0.3, -0.25) is 4.79 Å². The van der Waals surface area contributed by atoms with Crippen molar-refractivity contribution in [1.29, 1.82) is 0 Å². The van der Waals surface area contributed by atoms with Crippen molar-refractivity contribution >= 4 is 17.8 Å². The molecule has 1 amide bonds. The van der Waals surface area contributed by atoms with Crippen LogP contribution in [0, 0.1) is 5.92 Å². The van der Waals surface area contributed by atoms with Gasteiger partial charge in [-0.25, -0.2) is 9.59 Å². The summed E-state index contributed by atoms with van der Waals surface area (Å²) in [7, 11) is 0. The molecule has 0 aromatic rings. The zero-order valence-corrected chi connectivity index (χ0v) is 13.5. The first kappa shape index (κ1) is 17.7. The highest BCUT2D eigenvalue weighted by Gasteiger charge is 2.35. The average Bonchev–Trinajstić information content (AvgIpc) is 2.37. The maximum absolute atomic E-state index is 12.2. The summed E-state index contributed by atoms with van der Waals surface area (Å²) in [6, 6.07) is 0. The fourth-order valence-corrected chi connectivity index (χ4v) is 2.31. The van der Waals surface area contributed by atoms with Gasteiger partial charge in [0.2, 0.25) is 5.91 Å². The van der Waals surface area contributed by atoms with E-state index in [4.69, 9.17) is 9.47 Å². The number of nitrogens with one attached hydrogen (secondary N) is 2. The molecule has 1 unspecified atom stereocenters. The quantitative estimate of drug-likeness (QED) is 0.735. The van der Waals surface area contributed by atoms with Gasteiger partial charge in [0.05, 0.1) is 24.4 Å². The number of esters is 2. The molecular weight excluding hydrogens is 288 g/mol. The number of dihydropyridines is 1. The Hall–Kier alpha value is -2.31. The summed E-state index contributed by atoms with van der Waals surface area (Å²) in [5.74, 6) is -1.72. The van der Waals surface area contributed by atoms with Crippen molar-refractivity contribution in [3.05, 3.63) is 22.7 Å². The summed E-state index contributed by atoms with van der Waals surface area (Å²) >= 11 is 0. The number of hydrogen-bond acceptors (Lipinski definition) is 6. The van der Waals surface area contributed by atoms with Crippen molar-refractivity contribution in [1.82, 2.24) is 10.6 Å². The first-order valence-corrected chi connectivity index (χ1v) is 7.17. The molecular formula is C15H22N2O5. The van der Waals surface area contributed by atoms with Crippen LogP contribution in [0.3, 0.4) is 0 Å². The Labute approximate surface area is 129 Å². The molecule has 0 saturated heterocycles. The van der Waals surface area contributed by atoms with E-state index in [9.17, 15) is 14.4 Å². The largest absolute Gasteiger partial charge is 0.463 e. The molecule has 7 heteroatoms. The SMILES string of the molecule is CCOC(=O)C1=C(C)NC(NC(C)=O)=C(C(=O)OCC)C1C. The predicted molar refractivity (Wildman–Crippen MR) is 79.1 cm³/mol. The van der Waals surface area contributed by atoms with Gasteiger partial charge in [0.15, 0.2) is 0 Å². The minimum Gasteiger partial charge on any atom is -0.463 e. The van der Waals surface area contributed by atoms with Gasteiger partial charge < -0.3 is 20.1 Å². The van der Waals surface area contributed by atoms with E-state index in [0.717, 1.165) is 0 Å². The standard InChI is InChI=1S/C15H22N2O5/c1-6-21-14(19)11-8(3)12(15(20)22-7-2)13(16-9(11)4)17-10(5)18/h8,16H,6-7H2,1-5H3,(H,17,18). The van der Waals surface area contributed by atoms with Crippen LogP contribution in [0.2, 0.25) is 0 Å². The summed E-state index contributed by atoms with van der Waals surface area (Å²) in [4.78, 5) is 35.6. The second kappa shape index (κ2) is 7.63. The van der Waals surface area contributed by atoms with E-state index < -0.39 is 17.9 Å². The molecule has 0 spiro atoms. The second-order valence-corrected chi connectivity index (χ2v) is 4.80. The van der Waals surface area contributed by atoms with E-state index in [1.165, 1.54) is 6.92 Å². The van der Waals surface area contributed by atoms with Crippen molar-refractivity contribution in [3.63, 3.8) is 0 Å². The molecule has 0 bridgehead atoms. The molecule has 122 valence electrons. The van der Waals surface area contributed by atoms with E-state index >= 15 is 0 Å². The lowest BCUT2D eigenvalue weighted by Crippen LogP contribution is -2.39. The van der Waals surface area contributed by atoms with Crippen molar-refractivity contribution in [2.45, 2.75) is 34.6 Å². The van der Waals surface area contributed by atoms with Crippen molar-refractivity contribution in [3.8, 4) is 0 Å². The Bertz CT molecular complexity index is 548. The molecule has 0 aromatic carbocycles. The van der Waals surface area contributed by atoms with Crippen LogP contribution in [0.4, 0.5) is 0 Å². The van der Waals surface area contributed by atoms with E-state index in [2.05, 4.69) is 10.6 Å². The molecule has 1 rings (SSSR count). The van der Waals surface area contributed by atoms with Gasteiger partial charge in [-0.15, -0.1) is 0 Å². The van der Waals surface area contributed by atoms with Crippen LogP contribution in [0.5, 0.6) is 0 Å². The molecule has 1 atom stereocenters. The van der Waals surface area contributed by atoms with Crippen LogP contribution in [0.1, 0.15) is 34.6 Å². The van der Waals surface area contributed by atoms with E-state index in [-0.39, 0.29) is 30.5 Å². The number of allylic oxidation sites excluding steroid dienone is 1. The number of hydrogen-bond donors (Lipinski definition) is 2. The zero-order chi connectivity index (χ0) is 16.9. The Morgan fingerprint density at radius 1 is 1.09 bits per heavy atom. The lowest BCUT2D eigenvalue weighted by molar-refractivity contribution is -0.140. The molecule has 7 nitrogen and oxygen atoms in total. The molecule has 0 saturated carbocycles. The molecule has 1 heterocycles. The predicted octanol–water partition coefficient (Wildman–Crippen LogP) is 0.974. The number of amides is 1. The molecule has 1 aliphatic heterocycles. The molecule has 0 radical (unpaired) electrons. The fourth-order valence-electron chi connectivity index (χ4n) is 2.31. The van der Waals surface area contributed by atoms with Gasteiger partial charge in [-0.2, -0.15) is 0 Å². The third kappa shape index (κ3) is 3.87. The Kier molecular flexibility index (Phi) is 6.15. The lowest BCUT2D eigenvalue weighted by atomic mass is 9.88. The minimum atomic E-state index is -0.583. The third-order valence-electron chi connectivity index (χ3n) is 3.14. The van der Waals surface area contributed by atoms with Gasteiger partial charge in [0.25, 0.3) is 0 Å². The highest BCUT2D eigenvalue weighted by molar-refractivity contribution is 5.98. The molecule has 2 N–H and O–H groups in total. The van der Waals surface area contributed by atoms with Gasteiger partial charge in [0, 0.05) is 18.5 Å². The van der Waals surface area contributed by atoms with Crippen molar-refractivity contribution in [2.75, 3.05) is 13.2 Å². The van der Waals surface area contributed by atoms with Gasteiger partial charge >= 0.3 is 11.9 Å². The molecule has 22 heavy (non-hydrogen) atoms. The van der Waals surface area contributed by atoms with E-state index in [1.807, 2.05) is 0 Å². The first-order chi connectivity index (χ1) is 10.3. The zero-order valence-electron chi connectivity index (χ0n) is 13.5. The third-order valence-corrected chi connectivity index (χ3v) is 3.14. The second-order valence-electron chi connectivity index (χ2n) is 4.80. The van der Waals surface area contributed by atoms with E-state index in [1.54, 1.807) is 27.7 Å². The van der Waals surface area contributed by atoms with Gasteiger partial charge in [-0.1, -0.05) is 6.92 Å². The summed E-state index contributed by atoms with van der Waals surface area (Å²) in [6.45, 7) is 8.54. The molecule has 0 aromatic heterocycles. The van der Waals surface area contributed by atoms with E-state index in [0.29, 0.717) is 11.3 Å². The Morgan fingerprint density at radius 3 is 2.05 bits per heavy atom. The highest BCUT2D eigenvalue weighted by atomic mass is 16.5. The topological polar surface area (TPSA) is 93.7 Å². The minimum absolute atomic E-state index is 0.194. The van der Waals surface area contributed by atoms with Crippen LogP contribution in [0.25, 0.3) is 0 Å². The molecule has 0 fully saturated rings. The van der Waals surface area contributed by atoms with Gasteiger partial charge in [0.1, 0.15) is 5.82 Å². The average molecular weight is 310 g/mol. The van der Waals surface area contributed by atoms with Crippen LogP contribution in [-0.4, -0.2) is 31.1 Å².